The maximum atomic E-state index is 13.0. The number of hydrogen-bond acceptors (Lipinski definition) is 6. The number of amides is 1. The molecule has 166 valence electrons. The first kappa shape index (κ1) is 22.6. The average Bonchev–Trinajstić information content (AvgIpc) is 2.82. The highest BCUT2D eigenvalue weighted by atomic mass is 127. The van der Waals surface area contributed by atoms with Crippen molar-refractivity contribution in [1.29, 1.82) is 0 Å². The highest BCUT2D eigenvalue weighted by Gasteiger charge is 2.29. The number of aromatic nitrogens is 2. The summed E-state index contributed by atoms with van der Waals surface area (Å²) in [6.45, 7) is 3.73. The molecule has 1 amide bonds. The van der Waals surface area contributed by atoms with Gasteiger partial charge in [-0.1, -0.05) is 6.07 Å². The van der Waals surface area contributed by atoms with Crippen LogP contribution in [-0.4, -0.2) is 54.8 Å². The zero-order chi connectivity index (χ0) is 22.7. The number of nitrogens with one attached hydrogen (secondary N) is 1. The number of carbonyl (C=O) groups excluding carboxylic acids is 1. The second kappa shape index (κ2) is 9.51. The van der Waals surface area contributed by atoms with Gasteiger partial charge in [0.15, 0.2) is 0 Å². The third kappa shape index (κ3) is 4.92. The van der Waals surface area contributed by atoms with Crippen molar-refractivity contribution < 1.29 is 13.2 Å². The molecule has 0 saturated carbocycles. The standard InChI is InChI=1S/C22H22IN5O3S/c1-16-3-4-17(15-20(16)23)21(29)26-18-5-7-19(8-6-18)32(30,31)28-13-11-27(12-14-28)22-24-9-2-10-25-22/h2-10,15H,11-14H2,1H3,(H,26,29). The van der Waals surface area contributed by atoms with E-state index in [1.807, 2.05) is 24.0 Å². The molecule has 8 nitrogen and oxygen atoms in total. The molecule has 1 aliphatic rings. The molecule has 1 aromatic heterocycles. The Morgan fingerprint density at radius 3 is 2.28 bits per heavy atom. The topological polar surface area (TPSA) is 95.5 Å². The normalized spacial score (nSPS) is 14.9. The number of piperazine rings is 1. The number of benzene rings is 2. The lowest BCUT2D eigenvalue weighted by Crippen LogP contribution is -2.49. The predicted octanol–water partition coefficient (Wildman–Crippen LogP) is 3.15. The Morgan fingerprint density at radius 2 is 1.66 bits per heavy atom. The molecule has 0 radical (unpaired) electrons. The Kier molecular flexibility index (Phi) is 6.72. The lowest BCUT2D eigenvalue weighted by atomic mass is 10.1. The van der Waals surface area contributed by atoms with E-state index in [0.717, 1.165) is 9.13 Å². The van der Waals surface area contributed by atoms with Gasteiger partial charge in [0, 0.05) is 53.4 Å². The molecule has 3 aromatic rings. The van der Waals surface area contributed by atoms with Crippen molar-refractivity contribution >= 4 is 50.2 Å². The molecule has 32 heavy (non-hydrogen) atoms. The molecule has 0 unspecified atom stereocenters. The van der Waals surface area contributed by atoms with Gasteiger partial charge in [-0.2, -0.15) is 4.31 Å². The summed E-state index contributed by atoms with van der Waals surface area (Å²) in [5, 5.41) is 2.82. The van der Waals surface area contributed by atoms with Gasteiger partial charge in [-0.15, -0.1) is 0 Å². The van der Waals surface area contributed by atoms with E-state index in [1.54, 1.807) is 36.7 Å². The number of aryl methyl sites for hydroxylation is 1. The van der Waals surface area contributed by atoms with Crippen LogP contribution in [0.2, 0.25) is 0 Å². The van der Waals surface area contributed by atoms with Gasteiger partial charge in [0.25, 0.3) is 5.91 Å². The molecule has 1 fully saturated rings. The van der Waals surface area contributed by atoms with E-state index in [9.17, 15) is 13.2 Å². The summed E-state index contributed by atoms with van der Waals surface area (Å²) >= 11 is 2.19. The van der Waals surface area contributed by atoms with Crippen LogP contribution < -0.4 is 10.2 Å². The van der Waals surface area contributed by atoms with E-state index < -0.39 is 10.0 Å². The molecule has 1 saturated heterocycles. The summed E-state index contributed by atoms with van der Waals surface area (Å²) in [6.07, 6.45) is 3.34. The first-order chi connectivity index (χ1) is 15.3. The van der Waals surface area contributed by atoms with E-state index in [4.69, 9.17) is 0 Å². The molecule has 4 rings (SSSR count). The molecule has 0 atom stereocenters. The van der Waals surface area contributed by atoms with Crippen molar-refractivity contribution in [3.05, 3.63) is 75.6 Å². The van der Waals surface area contributed by atoms with Gasteiger partial charge in [-0.3, -0.25) is 4.79 Å². The van der Waals surface area contributed by atoms with Crippen molar-refractivity contribution in [2.24, 2.45) is 0 Å². The molecule has 1 N–H and O–H groups in total. The zero-order valence-electron chi connectivity index (χ0n) is 17.4. The number of nitrogens with zero attached hydrogens (tertiary/aromatic N) is 4. The summed E-state index contributed by atoms with van der Waals surface area (Å²) in [7, 11) is -3.62. The van der Waals surface area contributed by atoms with Gasteiger partial charge in [0.2, 0.25) is 16.0 Å². The summed E-state index contributed by atoms with van der Waals surface area (Å²) in [4.78, 5) is 23.1. The molecule has 0 bridgehead atoms. The van der Waals surface area contributed by atoms with Crippen LogP contribution in [0.4, 0.5) is 11.6 Å². The minimum absolute atomic E-state index is 0.199. The van der Waals surface area contributed by atoms with Crippen LogP contribution in [0.15, 0.2) is 65.8 Å². The summed E-state index contributed by atoms with van der Waals surface area (Å²) < 4.78 is 28.6. The average molecular weight is 563 g/mol. The maximum Gasteiger partial charge on any atom is 0.255 e. The molecule has 2 aromatic carbocycles. The summed E-state index contributed by atoms with van der Waals surface area (Å²) in [5.74, 6) is 0.366. The van der Waals surface area contributed by atoms with Crippen molar-refractivity contribution in [2.75, 3.05) is 36.4 Å². The Bertz CT molecular complexity index is 1210. The second-order valence-corrected chi connectivity index (χ2v) is 10.5. The SMILES string of the molecule is Cc1ccc(C(=O)Nc2ccc(S(=O)(=O)N3CCN(c4ncccn4)CC3)cc2)cc1I. The third-order valence-electron chi connectivity index (χ3n) is 5.26. The smallest absolute Gasteiger partial charge is 0.255 e. The summed E-state index contributed by atoms with van der Waals surface area (Å²) in [6, 6.07) is 13.5. The zero-order valence-corrected chi connectivity index (χ0v) is 20.4. The first-order valence-corrected chi connectivity index (χ1v) is 12.6. The van der Waals surface area contributed by atoms with Gasteiger partial charge in [-0.05, 0) is 77.5 Å². The quantitative estimate of drug-likeness (QED) is 0.480. The Balaban J connectivity index is 1.40. The Hall–Kier alpha value is -2.57. The minimum atomic E-state index is -3.62. The van der Waals surface area contributed by atoms with E-state index in [1.165, 1.54) is 16.4 Å². The van der Waals surface area contributed by atoms with E-state index >= 15 is 0 Å². The molecule has 0 spiro atoms. The Labute approximate surface area is 200 Å². The fourth-order valence-electron chi connectivity index (χ4n) is 3.38. The number of anilines is 2. The van der Waals surface area contributed by atoms with Gasteiger partial charge in [0.1, 0.15) is 0 Å². The van der Waals surface area contributed by atoms with Crippen LogP contribution in [0.25, 0.3) is 0 Å². The van der Waals surface area contributed by atoms with Crippen LogP contribution in [0.1, 0.15) is 15.9 Å². The van der Waals surface area contributed by atoms with E-state index in [2.05, 4.69) is 37.9 Å². The molecular weight excluding hydrogens is 541 g/mol. The Morgan fingerprint density at radius 1 is 1.00 bits per heavy atom. The van der Waals surface area contributed by atoms with Crippen molar-refractivity contribution in [1.82, 2.24) is 14.3 Å². The van der Waals surface area contributed by atoms with Crippen LogP contribution >= 0.6 is 22.6 Å². The number of rotatable bonds is 5. The van der Waals surface area contributed by atoms with Crippen LogP contribution in [0.5, 0.6) is 0 Å². The predicted molar refractivity (Wildman–Crippen MR) is 131 cm³/mol. The van der Waals surface area contributed by atoms with E-state index in [-0.39, 0.29) is 10.8 Å². The molecule has 0 aliphatic carbocycles. The first-order valence-electron chi connectivity index (χ1n) is 10.0. The van der Waals surface area contributed by atoms with Crippen LogP contribution in [0.3, 0.4) is 0 Å². The fraction of sp³-hybridized carbons (Fsp3) is 0.227. The van der Waals surface area contributed by atoms with Gasteiger partial charge < -0.3 is 10.2 Å². The monoisotopic (exact) mass is 563 g/mol. The minimum Gasteiger partial charge on any atom is -0.338 e. The highest BCUT2D eigenvalue weighted by molar-refractivity contribution is 14.1. The van der Waals surface area contributed by atoms with Gasteiger partial charge in [0.05, 0.1) is 4.90 Å². The summed E-state index contributed by atoms with van der Waals surface area (Å²) in [5.41, 5.74) is 2.20. The number of halogens is 1. The number of sulfonamides is 1. The van der Waals surface area contributed by atoms with Crippen molar-refractivity contribution in [3.63, 3.8) is 0 Å². The lowest BCUT2D eigenvalue weighted by Gasteiger charge is -2.33. The molecule has 10 heteroatoms. The van der Waals surface area contributed by atoms with Crippen molar-refractivity contribution in [2.45, 2.75) is 11.8 Å². The fourth-order valence-corrected chi connectivity index (χ4v) is 5.32. The lowest BCUT2D eigenvalue weighted by molar-refractivity contribution is 0.102. The van der Waals surface area contributed by atoms with Crippen LogP contribution in [0, 0.1) is 10.5 Å². The van der Waals surface area contributed by atoms with Crippen molar-refractivity contribution in [3.8, 4) is 0 Å². The molecule has 1 aliphatic heterocycles. The van der Waals surface area contributed by atoms with Gasteiger partial charge >= 0.3 is 0 Å². The number of hydrogen-bond donors (Lipinski definition) is 1. The van der Waals surface area contributed by atoms with E-state index in [0.29, 0.717) is 43.4 Å². The van der Waals surface area contributed by atoms with Crippen LogP contribution in [-0.2, 0) is 10.0 Å². The maximum absolute atomic E-state index is 13.0. The molecular formula is C22H22IN5O3S. The third-order valence-corrected chi connectivity index (χ3v) is 8.33. The molecule has 2 heterocycles. The largest absolute Gasteiger partial charge is 0.338 e. The number of carbonyl (C=O) groups is 1. The second-order valence-electron chi connectivity index (χ2n) is 7.38. The van der Waals surface area contributed by atoms with Gasteiger partial charge in [-0.25, -0.2) is 18.4 Å². The highest BCUT2D eigenvalue weighted by Crippen LogP contribution is 2.22.